The fraction of sp³-hybridized carbons (Fsp3) is 0.308. The van der Waals surface area contributed by atoms with Crippen LogP contribution in [0.3, 0.4) is 0 Å². The number of aliphatic hydroxyl groups excluding tert-OH is 2. The molecule has 0 aliphatic rings. The third-order valence-corrected chi connectivity index (χ3v) is 1.61. The lowest BCUT2D eigenvalue weighted by Crippen LogP contribution is -2.09. The number of carbonyl (C=O) groups excluding carboxylic acids is 1. The Bertz CT molecular complexity index is 321. The Balaban J connectivity index is 0.000000631. The molecule has 0 aliphatic heterocycles. The first kappa shape index (κ1) is 16.1. The number of carbonyl (C=O) groups is 1. The molecule has 0 aromatic heterocycles. The van der Waals surface area contributed by atoms with Gasteiger partial charge >= 0.3 is 5.97 Å². The molecule has 0 bridgehead atoms. The minimum atomic E-state index is -0.429. The topological polar surface area (TPSA) is 76.0 Å². The number of para-hydroxylation sites is 1. The van der Waals surface area contributed by atoms with Gasteiger partial charge in [-0.25, -0.2) is 4.79 Å². The molecular weight excluding hydrogens is 236 g/mol. The van der Waals surface area contributed by atoms with Crippen molar-refractivity contribution in [3.05, 3.63) is 43.0 Å². The first-order valence-electron chi connectivity index (χ1n) is 5.43. The second-order valence-corrected chi connectivity index (χ2v) is 2.98. The SMILES string of the molecule is C=CC(=O)OCCOc1ccccc1.OCCO. The number of aliphatic hydroxyl groups is 2. The van der Waals surface area contributed by atoms with Crippen LogP contribution in [-0.2, 0) is 9.53 Å². The monoisotopic (exact) mass is 254 g/mol. The minimum absolute atomic E-state index is 0.125. The van der Waals surface area contributed by atoms with Gasteiger partial charge in [0.1, 0.15) is 19.0 Å². The fourth-order valence-corrected chi connectivity index (χ4v) is 0.877. The summed E-state index contributed by atoms with van der Waals surface area (Å²) in [7, 11) is 0. The molecule has 0 saturated heterocycles. The Morgan fingerprint density at radius 3 is 2.28 bits per heavy atom. The van der Waals surface area contributed by atoms with Gasteiger partial charge < -0.3 is 19.7 Å². The quantitative estimate of drug-likeness (QED) is 0.445. The molecule has 100 valence electrons. The van der Waals surface area contributed by atoms with E-state index in [4.69, 9.17) is 19.7 Å². The molecule has 0 spiro atoms. The van der Waals surface area contributed by atoms with Crippen molar-refractivity contribution in [2.45, 2.75) is 0 Å². The number of rotatable bonds is 6. The van der Waals surface area contributed by atoms with Crippen LogP contribution < -0.4 is 4.74 Å². The highest BCUT2D eigenvalue weighted by atomic mass is 16.6. The number of esters is 1. The largest absolute Gasteiger partial charge is 0.490 e. The van der Waals surface area contributed by atoms with Crippen LogP contribution in [0, 0.1) is 0 Å². The molecule has 0 fully saturated rings. The van der Waals surface area contributed by atoms with Crippen LogP contribution >= 0.6 is 0 Å². The van der Waals surface area contributed by atoms with Crippen molar-refractivity contribution in [3.63, 3.8) is 0 Å². The van der Waals surface area contributed by atoms with Crippen molar-refractivity contribution in [1.29, 1.82) is 0 Å². The van der Waals surface area contributed by atoms with Crippen LogP contribution in [0.15, 0.2) is 43.0 Å². The molecule has 1 rings (SSSR count). The first-order chi connectivity index (χ1) is 8.74. The van der Waals surface area contributed by atoms with Crippen molar-refractivity contribution in [1.82, 2.24) is 0 Å². The summed E-state index contributed by atoms with van der Waals surface area (Å²) in [6.45, 7) is 3.62. The van der Waals surface area contributed by atoms with Gasteiger partial charge in [0.2, 0.25) is 0 Å². The average Bonchev–Trinajstić information content (AvgIpc) is 2.44. The van der Waals surface area contributed by atoms with Crippen molar-refractivity contribution in [2.24, 2.45) is 0 Å². The molecule has 0 radical (unpaired) electrons. The highest BCUT2D eigenvalue weighted by Gasteiger charge is 1.95. The predicted octanol–water partition coefficient (Wildman–Crippen LogP) is 0.766. The zero-order valence-corrected chi connectivity index (χ0v) is 10.1. The third kappa shape index (κ3) is 9.38. The second kappa shape index (κ2) is 11.6. The molecule has 0 unspecified atom stereocenters. The molecule has 1 aromatic carbocycles. The molecule has 5 nitrogen and oxygen atoms in total. The van der Waals surface area contributed by atoms with Crippen LogP contribution in [0.4, 0.5) is 0 Å². The summed E-state index contributed by atoms with van der Waals surface area (Å²) < 4.78 is 10.0. The Kier molecular flexibility index (Phi) is 10.4. The van der Waals surface area contributed by atoms with Gasteiger partial charge in [-0.05, 0) is 12.1 Å². The zero-order valence-electron chi connectivity index (χ0n) is 10.1. The molecule has 1 aromatic rings. The standard InChI is InChI=1S/C11H12O3.C2H6O2/c1-2-11(12)14-9-8-13-10-6-4-3-5-7-10;3-1-2-4/h2-7H,1,8-9H2;3-4H,1-2H2. The summed E-state index contributed by atoms with van der Waals surface area (Å²) in [5.74, 6) is 0.337. The maximum Gasteiger partial charge on any atom is 0.330 e. The van der Waals surface area contributed by atoms with Crippen molar-refractivity contribution in [3.8, 4) is 5.75 Å². The van der Waals surface area contributed by atoms with Gasteiger partial charge in [-0.15, -0.1) is 0 Å². The molecule has 0 atom stereocenters. The van der Waals surface area contributed by atoms with E-state index in [9.17, 15) is 4.79 Å². The fourth-order valence-electron chi connectivity index (χ4n) is 0.877. The Labute approximate surface area is 106 Å². The normalized spacial score (nSPS) is 8.78. The lowest BCUT2D eigenvalue weighted by Gasteiger charge is -2.05. The summed E-state index contributed by atoms with van der Waals surface area (Å²) >= 11 is 0. The van der Waals surface area contributed by atoms with E-state index in [-0.39, 0.29) is 19.8 Å². The highest BCUT2D eigenvalue weighted by Crippen LogP contribution is 2.07. The Morgan fingerprint density at radius 1 is 1.17 bits per heavy atom. The van der Waals surface area contributed by atoms with Crippen molar-refractivity contribution >= 4 is 5.97 Å². The lowest BCUT2D eigenvalue weighted by atomic mass is 10.3. The lowest BCUT2D eigenvalue weighted by molar-refractivity contribution is -0.138. The van der Waals surface area contributed by atoms with Gasteiger partial charge in [-0.3, -0.25) is 0 Å². The summed E-state index contributed by atoms with van der Waals surface area (Å²) in [5, 5.41) is 15.2. The minimum Gasteiger partial charge on any atom is -0.490 e. The first-order valence-corrected chi connectivity index (χ1v) is 5.43. The maximum absolute atomic E-state index is 10.6. The van der Waals surface area contributed by atoms with Gasteiger partial charge in [0.15, 0.2) is 0 Å². The molecular formula is C13H18O5. The van der Waals surface area contributed by atoms with Crippen LogP contribution in [0.25, 0.3) is 0 Å². The summed E-state index contributed by atoms with van der Waals surface area (Å²) in [5.41, 5.74) is 0. The van der Waals surface area contributed by atoms with Crippen LogP contribution in [0.5, 0.6) is 5.75 Å². The molecule has 0 heterocycles. The number of hydrogen-bond acceptors (Lipinski definition) is 5. The van der Waals surface area contributed by atoms with Gasteiger partial charge in [-0.2, -0.15) is 0 Å². The van der Waals surface area contributed by atoms with E-state index >= 15 is 0 Å². The number of hydrogen-bond donors (Lipinski definition) is 2. The van der Waals surface area contributed by atoms with Crippen molar-refractivity contribution < 1.29 is 24.5 Å². The number of ether oxygens (including phenoxy) is 2. The third-order valence-electron chi connectivity index (χ3n) is 1.61. The zero-order chi connectivity index (χ0) is 13.6. The number of benzene rings is 1. The molecule has 5 heteroatoms. The van der Waals surface area contributed by atoms with Gasteiger partial charge in [-0.1, -0.05) is 24.8 Å². The average molecular weight is 254 g/mol. The summed E-state index contributed by atoms with van der Waals surface area (Å²) in [6.07, 6.45) is 1.13. The van der Waals surface area contributed by atoms with Crippen LogP contribution in [-0.4, -0.2) is 42.6 Å². The molecule has 0 saturated carbocycles. The van der Waals surface area contributed by atoms with E-state index in [1.165, 1.54) is 0 Å². The summed E-state index contributed by atoms with van der Waals surface area (Å²) in [6, 6.07) is 9.35. The van der Waals surface area contributed by atoms with Crippen LogP contribution in [0.1, 0.15) is 0 Å². The second-order valence-electron chi connectivity index (χ2n) is 2.98. The predicted molar refractivity (Wildman–Crippen MR) is 67.3 cm³/mol. The van der Waals surface area contributed by atoms with E-state index in [1.807, 2.05) is 30.3 Å². The molecule has 2 N–H and O–H groups in total. The maximum atomic E-state index is 10.6. The molecule has 18 heavy (non-hydrogen) atoms. The van der Waals surface area contributed by atoms with Gasteiger partial charge in [0.05, 0.1) is 13.2 Å². The molecule has 0 amide bonds. The van der Waals surface area contributed by atoms with E-state index in [0.29, 0.717) is 6.61 Å². The van der Waals surface area contributed by atoms with Crippen molar-refractivity contribution in [2.75, 3.05) is 26.4 Å². The van der Waals surface area contributed by atoms with E-state index in [1.54, 1.807) is 0 Å². The van der Waals surface area contributed by atoms with E-state index < -0.39 is 5.97 Å². The Hall–Kier alpha value is -1.85. The van der Waals surface area contributed by atoms with E-state index in [2.05, 4.69) is 6.58 Å². The summed E-state index contributed by atoms with van der Waals surface area (Å²) in [4.78, 5) is 10.6. The van der Waals surface area contributed by atoms with Gasteiger partial charge in [0.25, 0.3) is 0 Å². The Morgan fingerprint density at radius 2 is 1.78 bits per heavy atom. The smallest absolute Gasteiger partial charge is 0.330 e. The van der Waals surface area contributed by atoms with E-state index in [0.717, 1.165) is 11.8 Å². The van der Waals surface area contributed by atoms with Gasteiger partial charge in [0, 0.05) is 6.08 Å². The molecule has 0 aliphatic carbocycles. The highest BCUT2D eigenvalue weighted by molar-refractivity contribution is 5.81. The van der Waals surface area contributed by atoms with Crippen LogP contribution in [0.2, 0.25) is 0 Å².